The van der Waals surface area contributed by atoms with Gasteiger partial charge in [0.25, 0.3) is 11.8 Å². The van der Waals surface area contributed by atoms with Gasteiger partial charge in [0.05, 0.1) is 17.6 Å². The Morgan fingerprint density at radius 2 is 1.86 bits per heavy atom. The molecule has 2 amide bonds. The molecule has 11 heteroatoms. The fourth-order valence-corrected chi connectivity index (χ4v) is 3.69. The van der Waals surface area contributed by atoms with E-state index >= 15 is 0 Å². The van der Waals surface area contributed by atoms with Gasteiger partial charge in [0, 0.05) is 49.2 Å². The minimum atomic E-state index is -0.639. The quantitative estimate of drug-likeness (QED) is 0.378. The lowest BCUT2D eigenvalue weighted by Gasteiger charge is -2.31. The van der Waals surface area contributed by atoms with Gasteiger partial charge in [0.2, 0.25) is 0 Å². The molecule has 4 rings (SSSR count). The molecule has 0 saturated heterocycles. The van der Waals surface area contributed by atoms with Gasteiger partial charge in [-0.3, -0.25) is 23.6 Å². The molecule has 2 N–H and O–H groups in total. The van der Waals surface area contributed by atoms with E-state index in [1.54, 1.807) is 21.5 Å². The molecule has 0 saturated carbocycles. The van der Waals surface area contributed by atoms with E-state index < -0.39 is 11.7 Å². The summed E-state index contributed by atoms with van der Waals surface area (Å²) in [4.78, 5) is 32.0. The molecule has 0 aliphatic rings. The fraction of sp³-hybridized carbons (Fsp3) is 0.308. The van der Waals surface area contributed by atoms with Crippen LogP contribution in [0, 0.1) is 5.82 Å². The first kappa shape index (κ1) is 27.8. The van der Waals surface area contributed by atoms with Gasteiger partial charge in [0.1, 0.15) is 17.2 Å². The zero-order valence-corrected chi connectivity index (χ0v) is 22.3. The Morgan fingerprint density at radius 1 is 1.11 bits per heavy atom. The molecule has 0 fully saturated rings. The topological polar surface area (TPSA) is 96.6 Å². The van der Waals surface area contributed by atoms with Crippen molar-refractivity contribution in [3.8, 4) is 11.3 Å². The number of rotatable bonds is 7. The number of carbonyl (C=O) groups is 2. The third-order valence-electron chi connectivity index (χ3n) is 6.22. The summed E-state index contributed by atoms with van der Waals surface area (Å²) in [6.07, 6.45) is 4.86. The van der Waals surface area contributed by atoms with E-state index in [9.17, 15) is 14.0 Å². The molecule has 1 aromatic carbocycles. The molecule has 0 aliphatic carbocycles. The summed E-state index contributed by atoms with van der Waals surface area (Å²) < 4.78 is 17.9. The third-order valence-corrected chi connectivity index (χ3v) is 6.22. The average Bonchev–Trinajstić information content (AvgIpc) is 3.45. The summed E-state index contributed by atoms with van der Waals surface area (Å²) in [6.45, 7) is 7.37. The van der Waals surface area contributed by atoms with Crippen LogP contribution < -0.4 is 10.6 Å². The van der Waals surface area contributed by atoms with E-state index in [1.807, 2.05) is 32.3 Å². The Bertz CT molecular complexity index is 1420. The second-order valence-electron chi connectivity index (χ2n) is 9.62. The van der Waals surface area contributed by atoms with Crippen molar-refractivity contribution in [3.05, 3.63) is 72.1 Å². The number of halogens is 2. The van der Waals surface area contributed by atoms with E-state index in [0.29, 0.717) is 18.7 Å². The van der Waals surface area contributed by atoms with Crippen LogP contribution in [0.5, 0.6) is 0 Å². The maximum absolute atomic E-state index is 14.5. The molecule has 0 atom stereocenters. The highest BCUT2D eigenvalue weighted by Crippen LogP contribution is 2.22. The van der Waals surface area contributed by atoms with Gasteiger partial charge < -0.3 is 10.6 Å². The average molecular weight is 528 g/mol. The van der Waals surface area contributed by atoms with Crippen LogP contribution in [-0.4, -0.2) is 61.6 Å². The SMILES string of the molecule is CN(CCNC(=O)c1ccc(F)c(NC(=O)c2cnc3cc(-c4ccnn4C)ccn23)c1)C(C)(C)C.Cl. The van der Waals surface area contributed by atoms with E-state index in [1.165, 1.54) is 24.4 Å². The number of carbonyl (C=O) groups excluding carboxylic acids is 2. The number of hydrogen-bond donors (Lipinski definition) is 2. The number of anilines is 1. The number of hydrogen-bond acceptors (Lipinski definition) is 5. The molecule has 4 aromatic rings. The number of nitrogens with one attached hydrogen (secondary N) is 2. The Balaban J connectivity index is 0.00000380. The lowest BCUT2D eigenvalue weighted by molar-refractivity contribution is 0.0939. The number of pyridine rings is 1. The van der Waals surface area contributed by atoms with Gasteiger partial charge in [-0.1, -0.05) is 0 Å². The van der Waals surface area contributed by atoms with Crippen molar-refractivity contribution in [3.63, 3.8) is 0 Å². The van der Waals surface area contributed by atoms with Gasteiger partial charge in [0.15, 0.2) is 0 Å². The first-order chi connectivity index (χ1) is 17.0. The minimum absolute atomic E-state index is 0. The molecule has 37 heavy (non-hydrogen) atoms. The highest BCUT2D eigenvalue weighted by Gasteiger charge is 2.18. The number of aromatic nitrogens is 4. The molecule has 3 heterocycles. The second kappa shape index (κ2) is 11.1. The number of amides is 2. The van der Waals surface area contributed by atoms with Crippen LogP contribution >= 0.6 is 12.4 Å². The first-order valence-corrected chi connectivity index (χ1v) is 11.6. The standard InChI is InChI=1S/C26H30FN7O2.ClH/c1-26(2,3)32(4)13-11-28-24(35)18-6-7-19(27)20(14-18)31-25(36)22-16-29-23-15-17(9-12-34(22)23)21-8-10-30-33(21)5;/h6-10,12,14-16H,11,13H2,1-5H3,(H,28,35)(H,31,36);1H. The lowest BCUT2D eigenvalue weighted by Crippen LogP contribution is -2.42. The zero-order valence-electron chi connectivity index (χ0n) is 21.4. The van der Waals surface area contributed by atoms with E-state index in [-0.39, 0.29) is 40.8 Å². The summed E-state index contributed by atoms with van der Waals surface area (Å²) in [7, 11) is 3.83. The normalized spacial score (nSPS) is 11.4. The van der Waals surface area contributed by atoms with Crippen LogP contribution in [0.3, 0.4) is 0 Å². The molecule has 0 spiro atoms. The summed E-state index contributed by atoms with van der Waals surface area (Å²) in [6, 6.07) is 9.47. The van der Waals surface area contributed by atoms with Crippen LogP contribution in [0.15, 0.2) is 55.0 Å². The van der Waals surface area contributed by atoms with Crippen molar-refractivity contribution in [2.24, 2.45) is 7.05 Å². The number of nitrogens with zero attached hydrogens (tertiary/aromatic N) is 5. The van der Waals surface area contributed by atoms with Gasteiger partial charge >= 0.3 is 0 Å². The van der Waals surface area contributed by atoms with Gasteiger partial charge in [-0.25, -0.2) is 9.37 Å². The molecular formula is C26H31ClFN7O2. The summed E-state index contributed by atoms with van der Waals surface area (Å²) in [5.41, 5.74) is 2.77. The Labute approximate surface area is 221 Å². The third kappa shape index (κ3) is 6.15. The number of fused-ring (bicyclic) bond motifs is 1. The minimum Gasteiger partial charge on any atom is -0.351 e. The highest BCUT2D eigenvalue weighted by atomic mass is 35.5. The van der Waals surface area contributed by atoms with Crippen molar-refractivity contribution in [2.45, 2.75) is 26.3 Å². The largest absolute Gasteiger partial charge is 0.351 e. The zero-order chi connectivity index (χ0) is 26.0. The van der Waals surface area contributed by atoms with Gasteiger partial charge in [-0.05, 0) is 64.2 Å². The second-order valence-corrected chi connectivity index (χ2v) is 9.62. The smallest absolute Gasteiger partial charge is 0.274 e. The van der Waals surface area contributed by atoms with Crippen LogP contribution in [0.25, 0.3) is 16.9 Å². The van der Waals surface area contributed by atoms with Crippen molar-refractivity contribution < 1.29 is 14.0 Å². The first-order valence-electron chi connectivity index (χ1n) is 11.6. The fourth-order valence-electron chi connectivity index (χ4n) is 3.69. The Morgan fingerprint density at radius 3 is 2.54 bits per heavy atom. The molecule has 0 radical (unpaired) electrons. The maximum atomic E-state index is 14.5. The van der Waals surface area contributed by atoms with Crippen LogP contribution in [-0.2, 0) is 7.05 Å². The molecule has 3 aromatic heterocycles. The summed E-state index contributed by atoms with van der Waals surface area (Å²) in [5, 5.41) is 9.58. The number of imidazole rings is 1. The van der Waals surface area contributed by atoms with E-state index in [4.69, 9.17) is 0 Å². The van der Waals surface area contributed by atoms with E-state index in [0.717, 1.165) is 11.3 Å². The van der Waals surface area contributed by atoms with Gasteiger partial charge in [-0.2, -0.15) is 5.10 Å². The molecule has 0 aliphatic heterocycles. The summed E-state index contributed by atoms with van der Waals surface area (Å²) in [5.74, 6) is -1.52. The van der Waals surface area contributed by atoms with Crippen LogP contribution in [0.2, 0.25) is 0 Å². The Kier molecular flexibility index (Phi) is 8.35. The predicted octanol–water partition coefficient (Wildman–Crippen LogP) is 4.01. The predicted molar refractivity (Wildman–Crippen MR) is 144 cm³/mol. The lowest BCUT2D eigenvalue weighted by atomic mass is 10.1. The van der Waals surface area contributed by atoms with Crippen molar-refractivity contribution in [1.82, 2.24) is 29.4 Å². The molecule has 9 nitrogen and oxygen atoms in total. The number of benzene rings is 1. The van der Waals surface area contributed by atoms with E-state index in [2.05, 4.69) is 46.4 Å². The molecule has 0 unspecified atom stereocenters. The van der Waals surface area contributed by atoms with Crippen molar-refractivity contribution in [2.75, 3.05) is 25.5 Å². The van der Waals surface area contributed by atoms with Crippen molar-refractivity contribution >= 4 is 35.6 Å². The monoisotopic (exact) mass is 527 g/mol. The molecule has 0 bridgehead atoms. The number of aryl methyl sites for hydroxylation is 1. The highest BCUT2D eigenvalue weighted by molar-refractivity contribution is 6.04. The van der Waals surface area contributed by atoms with Crippen LogP contribution in [0.1, 0.15) is 41.6 Å². The molecular weight excluding hydrogens is 497 g/mol. The molecule has 196 valence electrons. The maximum Gasteiger partial charge on any atom is 0.274 e. The Hall–Kier alpha value is -3.76. The van der Waals surface area contributed by atoms with Gasteiger partial charge in [-0.15, -0.1) is 12.4 Å². The number of likely N-dealkylation sites (N-methyl/N-ethyl adjacent to an activating group) is 1. The van der Waals surface area contributed by atoms with Crippen LogP contribution in [0.4, 0.5) is 10.1 Å². The summed E-state index contributed by atoms with van der Waals surface area (Å²) >= 11 is 0. The van der Waals surface area contributed by atoms with Crippen molar-refractivity contribution in [1.29, 1.82) is 0 Å².